The van der Waals surface area contributed by atoms with Crippen LogP contribution >= 0.6 is 11.6 Å². The molecule has 0 bridgehead atoms. The fraction of sp³-hybridized carbons (Fsp3) is 0.467. The van der Waals surface area contributed by atoms with E-state index in [4.69, 9.17) is 16.3 Å². The molecule has 0 radical (unpaired) electrons. The van der Waals surface area contributed by atoms with E-state index in [0.29, 0.717) is 43.2 Å². The first-order valence-electron chi connectivity index (χ1n) is 7.28. The van der Waals surface area contributed by atoms with Crippen molar-refractivity contribution in [1.82, 2.24) is 16.0 Å². The zero-order valence-corrected chi connectivity index (χ0v) is 13.0. The summed E-state index contributed by atoms with van der Waals surface area (Å²) in [4.78, 5) is 23.6. The maximum Gasteiger partial charge on any atom is 0.252 e. The van der Waals surface area contributed by atoms with E-state index in [-0.39, 0.29) is 17.9 Å². The van der Waals surface area contributed by atoms with Crippen LogP contribution in [-0.4, -0.2) is 50.7 Å². The number of carbonyl (C=O) groups excluding carboxylic acids is 2. The summed E-state index contributed by atoms with van der Waals surface area (Å²) in [5.41, 5.74) is 0.428. The van der Waals surface area contributed by atoms with Gasteiger partial charge in [-0.1, -0.05) is 23.7 Å². The number of carbonyl (C=O) groups is 2. The van der Waals surface area contributed by atoms with E-state index in [1.54, 1.807) is 24.3 Å². The van der Waals surface area contributed by atoms with Crippen molar-refractivity contribution < 1.29 is 14.3 Å². The minimum atomic E-state index is -0.250. The summed E-state index contributed by atoms with van der Waals surface area (Å²) in [6.45, 7) is 2.86. The standard InChI is InChI=1S/C15H20ClN3O3/c16-13-4-2-1-3-12(13)15(21)19-6-5-18-14(20)9-11-10-17-7-8-22-11/h1-4,11,17H,5-10H2,(H,18,20)(H,19,21). The summed E-state index contributed by atoms with van der Waals surface area (Å²) in [5.74, 6) is -0.333. The maximum absolute atomic E-state index is 11.9. The Bertz CT molecular complexity index is 519. The highest BCUT2D eigenvalue weighted by Gasteiger charge is 2.17. The third kappa shape index (κ3) is 5.29. The third-order valence-corrected chi connectivity index (χ3v) is 3.60. The van der Waals surface area contributed by atoms with Gasteiger partial charge in [0, 0.05) is 26.2 Å². The zero-order valence-electron chi connectivity index (χ0n) is 12.2. The lowest BCUT2D eigenvalue weighted by atomic mass is 10.2. The Morgan fingerprint density at radius 1 is 1.27 bits per heavy atom. The van der Waals surface area contributed by atoms with Crippen molar-refractivity contribution in [3.63, 3.8) is 0 Å². The number of morpholine rings is 1. The second-order valence-electron chi connectivity index (χ2n) is 4.99. The molecule has 1 aliphatic heterocycles. The molecule has 1 unspecified atom stereocenters. The molecule has 1 fully saturated rings. The minimum Gasteiger partial charge on any atom is -0.375 e. The number of halogens is 1. The van der Waals surface area contributed by atoms with Crippen molar-refractivity contribution in [3.05, 3.63) is 34.9 Å². The van der Waals surface area contributed by atoms with Gasteiger partial charge < -0.3 is 20.7 Å². The third-order valence-electron chi connectivity index (χ3n) is 3.27. The molecule has 1 heterocycles. The summed E-state index contributed by atoms with van der Waals surface area (Å²) < 4.78 is 5.46. The lowest BCUT2D eigenvalue weighted by Crippen LogP contribution is -2.42. The molecule has 120 valence electrons. The molecule has 0 aliphatic carbocycles. The van der Waals surface area contributed by atoms with E-state index >= 15 is 0 Å². The van der Waals surface area contributed by atoms with E-state index in [2.05, 4.69) is 16.0 Å². The molecule has 1 aliphatic rings. The first-order chi connectivity index (χ1) is 10.7. The molecule has 3 N–H and O–H groups in total. The molecule has 1 aromatic rings. The molecule has 0 saturated carbocycles. The number of amides is 2. The molecule has 1 saturated heterocycles. The Labute approximate surface area is 134 Å². The van der Waals surface area contributed by atoms with Crippen molar-refractivity contribution in [2.75, 3.05) is 32.8 Å². The Balaban J connectivity index is 1.63. The number of nitrogens with one attached hydrogen (secondary N) is 3. The van der Waals surface area contributed by atoms with Crippen LogP contribution in [0.4, 0.5) is 0 Å². The summed E-state index contributed by atoms with van der Waals surface area (Å²) in [6, 6.07) is 6.84. The number of hydrogen-bond donors (Lipinski definition) is 3. The van der Waals surface area contributed by atoms with E-state index < -0.39 is 0 Å². The fourth-order valence-electron chi connectivity index (χ4n) is 2.15. The molecule has 2 amide bonds. The number of ether oxygens (including phenoxy) is 1. The number of hydrogen-bond acceptors (Lipinski definition) is 4. The Hall–Kier alpha value is -1.63. The van der Waals surface area contributed by atoms with Crippen molar-refractivity contribution in [2.24, 2.45) is 0 Å². The second-order valence-corrected chi connectivity index (χ2v) is 5.39. The smallest absolute Gasteiger partial charge is 0.252 e. The highest BCUT2D eigenvalue weighted by atomic mass is 35.5. The van der Waals surface area contributed by atoms with Crippen LogP contribution in [0.5, 0.6) is 0 Å². The van der Waals surface area contributed by atoms with Gasteiger partial charge in [-0.25, -0.2) is 0 Å². The predicted octanol–water partition coefficient (Wildman–Crippen LogP) is 0.565. The van der Waals surface area contributed by atoms with Crippen molar-refractivity contribution in [1.29, 1.82) is 0 Å². The zero-order chi connectivity index (χ0) is 15.8. The summed E-state index contributed by atoms with van der Waals surface area (Å²) in [7, 11) is 0. The van der Waals surface area contributed by atoms with Crippen molar-refractivity contribution in [3.8, 4) is 0 Å². The maximum atomic E-state index is 11.9. The highest BCUT2D eigenvalue weighted by Crippen LogP contribution is 2.14. The lowest BCUT2D eigenvalue weighted by Gasteiger charge is -2.23. The summed E-state index contributed by atoms with van der Waals surface area (Å²) in [6.07, 6.45) is 0.248. The molecular weight excluding hydrogens is 306 g/mol. The molecule has 0 spiro atoms. The largest absolute Gasteiger partial charge is 0.375 e. The SMILES string of the molecule is O=C(CC1CNCCO1)NCCNC(=O)c1ccccc1Cl. The highest BCUT2D eigenvalue weighted by molar-refractivity contribution is 6.33. The first-order valence-corrected chi connectivity index (χ1v) is 7.66. The van der Waals surface area contributed by atoms with Crippen LogP contribution in [0.3, 0.4) is 0 Å². The number of rotatable bonds is 6. The topological polar surface area (TPSA) is 79.5 Å². The van der Waals surface area contributed by atoms with Gasteiger partial charge in [0.05, 0.1) is 29.7 Å². The van der Waals surface area contributed by atoms with Gasteiger partial charge in [0.1, 0.15) is 0 Å². The Morgan fingerprint density at radius 3 is 2.77 bits per heavy atom. The Kier molecular flexibility index (Phi) is 6.64. The van der Waals surface area contributed by atoms with Gasteiger partial charge in [0.25, 0.3) is 5.91 Å². The molecule has 2 rings (SSSR count). The van der Waals surface area contributed by atoms with Crippen molar-refractivity contribution >= 4 is 23.4 Å². The fourth-order valence-corrected chi connectivity index (χ4v) is 2.37. The van der Waals surface area contributed by atoms with Crippen LogP contribution in [0.15, 0.2) is 24.3 Å². The van der Waals surface area contributed by atoms with Crippen LogP contribution in [0.1, 0.15) is 16.8 Å². The first kappa shape index (κ1) is 16.7. The van der Waals surface area contributed by atoms with Gasteiger partial charge in [0.2, 0.25) is 5.91 Å². The minimum absolute atomic E-state index is 0.0773. The summed E-state index contributed by atoms with van der Waals surface area (Å²) in [5, 5.41) is 9.05. The lowest BCUT2D eigenvalue weighted by molar-refractivity contribution is -0.124. The molecule has 1 atom stereocenters. The van der Waals surface area contributed by atoms with E-state index in [1.165, 1.54) is 0 Å². The predicted molar refractivity (Wildman–Crippen MR) is 84.0 cm³/mol. The molecule has 22 heavy (non-hydrogen) atoms. The molecular formula is C15H20ClN3O3. The average molecular weight is 326 g/mol. The molecule has 6 nitrogen and oxygen atoms in total. The van der Waals surface area contributed by atoms with Crippen LogP contribution < -0.4 is 16.0 Å². The van der Waals surface area contributed by atoms with Crippen LogP contribution in [0, 0.1) is 0 Å². The van der Waals surface area contributed by atoms with Crippen molar-refractivity contribution in [2.45, 2.75) is 12.5 Å². The van der Waals surface area contributed by atoms with Gasteiger partial charge >= 0.3 is 0 Å². The normalized spacial score (nSPS) is 17.8. The molecule has 1 aromatic carbocycles. The average Bonchev–Trinajstić information content (AvgIpc) is 2.53. The van der Waals surface area contributed by atoms with Gasteiger partial charge in [-0.2, -0.15) is 0 Å². The number of benzene rings is 1. The summed E-state index contributed by atoms with van der Waals surface area (Å²) >= 11 is 5.94. The van der Waals surface area contributed by atoms with E-state index in [0.717, 1.165) is 6.54 Å². The van der Waals surface area contributed by atoms with E-state index in [1.807, 2.05) is 0 Å². The molecule has 7 heteroatoms. The van der Waals surface area contributed by atoms with Crippen LogP contribution in [0.25, 0.3) is 0 Å². The second kappa shape index (κ2) is 8.73. The van der Waals surface area contributed by atoms with Crippen LogP contribution in [-0.2, 0) is 9.53 Å². The van der Waals surface area contributed by atoms with Gasteiger partial charge in [-0.15, -0.1) is 0 Å². The van der Waals surface area contributed by atoms with E-state index in [9.17, 15) is 9.59 Å². The molecule has 0 aromatic heterocycles. The monoisotopic (exact) mass is 325 g/mol. The van der Waals surface area contributed by atoms with Gasteiger partial charge in [-0.3, -0.25) is 9.59 Å². The van der Waals surface area contributed by atoms with Gasteiger partial charge in [-0.05, 0) is 12.1 Å². The van der Waals surface area contributed by atoms with Gasteiger partial charge in [0.15, 0.2) is 0 Å². The quantitative estimate of drug-likeness (QED) is 0.668. The van der Waals surface area contributed by atoms with Crippen LogP contribution in [0.2, 0.25) is 5.02 Å². The Morgan fingerprint density at radius 2 is 2.05 bits per heavy atom.